The highest BCUT2D eigenvalue weighted by Gasteiger charge is 2.24. The van der Waals surface area contributed by atoms with Gasteiger partial charge in [0.2, 0.25) is 0 Å². The van der Waals surface area contributed by atoms with Crippen LogP contribution in [0.25, 0.3) is 0 Å². The van der Waals surface area contributed by atoms with E-state index in [0.717, 1.165) is 23.0 Å². The molecule has 0 radical (unpaired) electrons. The van der Waals surface area contributed by atoms with E-state index >= 15 is 0 Å². The zero-order valence-electron chi connectivity index (χ0n) is 8.98. The molecule has 1 N–H and O–H groups in total. The highest BCUT2D eigenvalue weighted by Crippen LogP contribution is 2.35. The van der Waals surface area contributed by atoms with Gasteiger partial charge in [0.05, 0.1) is 0 Å². The highest BCUT2D eigenvalue weighted by atomic mass is 35.5. The minimum Gasteiger partial charge on any atom is -0.309 e. The molecule has 0 bridgehead atoms. The maximum absolute atomic E-state index is 6.21. The number of halogens is 2. The lowest BCUT2D eigenvalue weighted by molar-refractivity contribution is 0.395. The van der Waals surface area contributed by atoms with Crippen LogP contribution >= 0.6 is 23.2 Å². The third-order valence-corrected chi connectivity index (χ3v) is 3.49. The molecule has 1 heterocycles. The number of hydrogen-bond donors (Lipinski definition) is 1. The van der Waals surface area contributed by atoms with Crippen molar-refractivity contribution in [3.8, 4) is 0 Å². The first-order chi connectivity index (χ1) is 7.09. The molecule has 0 amide bonds. The average Bonchev–Trinajstić information content (AvgIpc) is 2.16. The summed E-state index contributed by atoms with van der Waals surface area (Å²) in [5, 5.41) is 5.05. The van der Waals surface area contributed by atoms with Gasteiger partial charge in [-0.3, -0.25) is 0 Å². The SMILES string of the molecule is CC(C)C1NCCc2c(Cl)cc(Cl)cc21. The Morgan fingerprint density at radius 3 is 2.73 bits per heavy atom. The van der Waals surface area contributed by atoms with Gasteiger partial charge in [-0.25, -0.2) is 0 Å². The van der Waals surface area contributed by atoms with Crippen LogP contribution in [0.5, 0.6) is 0 Å². The fourth-order valence-corrected chi connectivity index (χ4v) is 2.83. The lowest BCUT2D eigenvalue weighted by Crippen LogP contribution is -2.33. The van der Waals surface area contributed by atoms with Gasteiger partial charge in [0.15, 0.2) is 0 Å². The topological polar surface area (TPSA) is 12.0 Å². The van der Waals surface area contributed by atoms with Crippen LogP contribution in [0, 0.1) is 5.92 Å². The molecule has 15 heavy (non-hydrogen) atoms. The Balaban J connectivity index is 2.50. The molecule has 1 aromatic rings. The zero-order chi connectivity index (χ0) is 11.0. The van der Waals surface area contributed by atoms with Gasteiger partial charge in [0, 0.05) is 16.1 Å². The molecule has 1 nitrogen and oxygen atoms in total. The van der Waals surface area contributed by atoms with E-state index in [1.165, 1.54) is 11.1 Å². The van der Waals surface area contributed by atoms with E-state index in [1.54, 1.807) is 0 Å². The van der Waals surface area contributed by atoms with Crippen LogP contribution in [-0.4, -0.2) is 6.54 Å². The van der Waals surface area contributed by atoms with Crippen molar-refractivity contribution in [2.45, 2.75) is 26.3 Å². The van der Waals surface area contributed by atoms with Gasteiger partial charge in [0.1, 0.15) is 0 Å². The van der Waals surface area contributed by atoms with E-state index < -0.39 is 0 Å². The fourth-order valence-electron chi connectivity index (χ4n) is 2.22. The number of nitrogens with one attached hydrogen (secondary N) is 1. The van der Waals surface area contributed by atoms with Gasteiger partial charge >= 0.3 is 0 Å². The summed E-state index contributed by atoms with van der Waals surface area (Å²) in [5.74, 6) is 0.554. The predicted octanol–water partition coefficient (Wildman–Crippen LogP) is 3.84. The predicted molar refractivity (Wildman–Crippen MR) is 65.7 cm³/mol. The van der Waals surface area contributed by atoms with E-state index in [4.69, 9.17) is 23.2 Å². The largest absolute Gasteiger partial charge is 0.309 e. The standard InChI is InChI=1S/C12H15Cl2N/c1-7(2)12-10-5-8(13)6-11(14)9(10)3-4-15-12/h5-7,12,15H,3-4H2,1-2H3. The van der Waals surface area contributed by atoms with Crippen molar-refractivity contribution in [3.63, 3.8) is 0 Å². The summed E-state index contributed by atoms with van der Waals surface area (Å²) in [4.78, 5) is 0. The number of benzene rings is 1. The summed E-state index contributed by atoms with van der Waals surface area (Å²) in [5.41, 5.74) is 2.53. The van der Waals surface area contributed by atoms with Gasteiger partial charge in [-0.05, 0) is 42.1 Å². The summed E-state index contributed by atoms with van der Waals surface area (Å²) in [6, 6.07) is 4.26. The molecule has 1 aliphatic rings. The Hall–Kier alpha value is -0.240. The van der Waals surface area contributed by atoms with Crippen LogP contribution in [-0.2, 0) is 6.42 Å². The zero-order valence-corrected chi connectivity index (χ0v) is 10.5. The molecule has 1 atom stereocenters. The summed E-state index contributed by atoms with van der Waals surface area (Å²) < 4.78 is 0. The maximum atomic E-state index is 6.21. The molecular weight excluding hydrogens is 229 g/mol. The van der Waals surface area contributed by atoms with E-state index in [1.807, 2.05) is 12.1 Å². The van der Waals surface area contributed by atoms with Crippen molar-refractivity contribution in [3.05, 3.63) is 33.3 Å². The molecule has 2 rings (SSSR count). The van der Waals surface area contributed by atoms with E-state index in [9.17, 15) is 0 Å². The van der Waals surface area contributed by atoms with Crippen LogP contribution < -0.4 is 5.32 Å². The molecule has 82 valence electrons. The Morgan fingerprint density at radius 1 is 1.33 bits per heavy atom. The minimum atomic E-state index is 0.380. The second-order valence-electron chi connectivity index (χ2n) is 4.38. The van der Waals surface area contributed by atoms with Crippen molar-refractivity contribution in [1.82, 2.24) is 5.32 Å². The molecule has 0 saturated carbocycles. The summed E-state index contributed by atoms with van der Waals surface area (Å²) in [6.45, 7) is 5.42. The van der Waals surface area contributed by atoms with Crippen LogP contribution in [0.4, 0.5) is 0 Å². The summed E-state index contributed by atoms with van der Waals surface area (Å²) in [7, 11) is 0. The van der Waals surface area contributed by atoms with Crippen LogP contribution in [0.1, 0.15) is 31.0 Å². The molecule has 3 heteroatoms. The van der Waals surface area contributed by atoms with Gasteiger partial charge in [-0.15, -0.1) is 0 Å². The second-order valence-corrected chi connectivity index (χ2v) is 5.22. The Labute approximate surface area is 101 Å². The Bertz CT molecular complexity index is 374. The first-order valence-electron chi connectivity index (χ1n) is 5.31. The van der Waals surface area contributed by atoms with Crippen molar-refractivity contribution in [2.75, 3.05) is 6.54 Å². The van der Waals surface area contributed by atoms with E-state index in [-0.39, 0.29) is 0 Å². The normalized spacial score (nSPS) is 20.5. The molecule has 1 aromatic carbocycles. The minimum absolute atomic E-state index is 0.380. The summed E-state index contributed by atoms with van der Waals surface area (Å²) >= 11 is 12.2. The first-order valence-corrected chi connectivity index (χ1v) is 6.06. The molecule has 0 spiro atoms. The molecule has 0 aromatic heterocycles. The fraction of sp³-hybridized carbons (Fsp3) is 0.500. The highest BCUT2D eigenvalue weighted by molar-refractivity contribution is 6.35. The van der Waals surface area contributed by atoms with Crippen molar-refractivity contribution < 1.29 is 0 Å². The number of fused-ring (bicyclic) bond motifs is 1. The third kappa shape index (κ3) is 2.15. The van der Waals surface area contributed by atoms with Crippen molar-refractivity contribution in [1.29, 1.82) is 0 Å². The van der Waals surface area contributed by atoms with Gasteiger partial charge in [-0.2, -0.15) is 0 Å². The Morgan fingerprint density at radius 2 is 2.07 bits per heavy atom. The smallest absolute Gasteiger partial charge is 0.0456 e. The van der Waals surface area contributed by atoms with Gasteiger partial charge in [0.25, 0.3) is 0 Å². The number of hydrogen-bond acceptors (Lipinski definition) is 1. The van der Waals surface area contributed by atoms with Crippen LogP contribution in [0.3, 0.4) is 0 Å². The average molecular weight is 244 g/mol. The molecule has 1 aliphatic heterocycles. The number of rotatable bonds is 1. The van der Waals surface area contributed by atoms with Gasteiger partial charge < -0.3 is 5.32 Å². The third-order valence-electron chi connectivity index (χ3n) is 2.94. The monoisotopic (exact) mass is 243 g/mol. The lowest BCUT2D eigenvalue weighted by Gasteiger charge is -2.30. The quantitative estimate of drug-likeness (QED) is 0.791. The first kappa shape index (κ1) is 11.3. The van der Waals surface area contributed by atoms with Crippen LogP contribution in [0.15, 0.2) is 12.1 Å². The van der Waals surface area contributed by atoms with E-state index in [2.05, 4.69) is 19.2 Å². The molecule has 0 saturated heterocycles. The molecule has 0 aliphatic carbocycles. The molecular formula is C12H15Cl2N. The lowest BCUT2D eigenvalue weighted by atomic mass is 9.88. The summed E-state index contributed by atoms with van der Waals surface area (Å²) in [6.07, 6.45) is 0.995. The Kier molecular flexibility index (Phi) is 3.24. The van der Waals surface area contributed by atoms with Crippen molar-refractivity contribution >= 4 is 23.2 Å². The van der Waals surface area contributed by atoms with Gasteiger partial charge in [-0.1, -0.05) is 37.0 Å². The van der Waals surface area contributed by atoms with Crippen LogP contribution in [0.2, 0.25) is 10.0 Å². The molecule has 1 unspecified atom stereocenters. The van der Waals surface area contributed by atoms with Crippen molar-refractivity contribution in [2.24, 2.45) is 5.92 Å². The van der Waals surface area contributed by atoms with E-state index in [0.29, 0.717) is 12.0 Å². The molecule has 0 fully saturated rings. The second kappa shape index (κ2) is 4.32. The maximum Gasteiger partial charge on any atom is 0.0456 e.